The summed E-state index contributed by atoms with van der Waals surface area (Å²) >= 11 is 0. The number of anilines is 1. The van der Waals surface area contributed by atoms with Gasteiger partial charge in [0.05, 0.1) is 12.5 Å². The van der Waals surface area contributed by atoms with Crippen LogP contribution in [0.2, 0.25) is 0 Å². The van der Waals surface area contributed by atoms with E-state index in [-0.39, 0.29) is 18.0 Å². The van der Waals surface area contributed by atoms with Gasteiger partial charge in [-0.1, -0.05) is 12.1 Å². The van der Waals surface area contributed by atoms with Crippen LogP contribution in [0.3, 0.4) is 0 Å². The van der Waals surface area contributed by atoms with Crippen molar-refractivity contribution in [3.8, 4) is 16.9 Å². The lowest BCUT2D eigenvalue weighted by Gasteiger charge is -2.16. The Morgan fingerprint density at radius 2 is 1.92 bits per heavy atom. The number of nitrogen functional groups attached to an aromatic ring is 1. The van der Waals surface area contributed by atoms with E-state index in [9.17, 15) is 9.59 Å². The van der Waals surface area contributed by atoms with Crippen LogP contribution in [-0.4, -0.2) is 21.2 Å². The van der Waals surface area contributed by atoms with Crippen molar-refractivity contribution in [3.05, 3.63) is 50.7 Å². The van der Waals surface area contributed by atoms with Gasteiger partial charge in [0.15, 0.2) is 5.65 Å². The van der Waals surface area contributed by atoms with Crippen LogP contribution in [-0.2, 0) is 20.6 Å². The summed E-state index contributed by atoms with van der Waals surface area (Å²) in [6.07, 6.45) is 0. The summed E-state index contributed by atoms with van der Waals surface area (Å²) in [5, 5.41) is 0.299. The molecule has 3 aromatic rings. The fraction of sp³-hybridized carbons (Fsp3) is 0.235. The minimum absolute atomic E-state index is 0.104. The second kappa shape index (κ2) is 6.06. The highest BCUT2D eigenvalue weighted by molar-refractivity contribution is 5.96. The third-order valence-corrected chi connectivity index (χ3v) is 4.28. The van der Waals surface area contributed by atoms with E-state index >= 15 is 0 Å². The number of hydrogen-bond acceptors (Lipinski definition) is 6. The first-order valence-electron chi connectivity index (χ1n) is 7.63. The molecule has 8 heteroatoms. The van der Waals surface area contributed by atoms with E-state index in [1.54, 1.807) is 26.3 Å². The molecule has 0 amide bonds. The van der Waals surface area contributed by atoms with E-state index in [0.29, 0.717) is 22.3 Å². The standard InChI is InChI=1S/C17H19N5O3/c1-21-15-13(16(23)22(2)17(21)24)12(11(8-18)14(19)20-15)9-5-4-6-10(7-9)25-3/h4-7H,8,18H2,1-3H3,(H2,19,20). The lowest BCUT2D eigenvalue weighted by atomic mass is 9.97. The molecule has 2 heterocycles. The number of hydrogen-bond donors (Lipinski definition) is 2. The maximum Gasteiger partial charge on any atom is 0.332 e. The molecule has 8 nitrogen and oxygen atoms in total. The van der Waals surface area contributed by atoms with Gasteiger partial charge in [-0.05, 0) is 17.7 Å². The highest BCUT2D eigenvalue weighted by Gasteiger charge is 2.20. The average molecular weight is 341 g/mol. The number of methoxy groups -OCH3 is 1. The van der Waals surface area contributed by atoms with Crippen molar-refractivity contribution in [2.24, 2.45) is 19.8 Å². The van der Waals surface area contributed by atoms with Crippen molar-refractivity contribution in [3.63, 3.8) is 0 Å². The predicted octanol–water partition coefficient (Wildman–Crippen LogP) is 0.349. The van der Waals surface area contributed by atoms with E-state index in [1.165, 1.54) is 11.6 Å². The molecule has 0 saturated carbocycles. The van der Waals surface area contributed by atoms with Crippen molar-refractivity contribution >= 4 is 16.9 Å². The molecule has 0 fully saturated rings. The third kappa shape index (κ3) is 2.47. The zero-order valence-corrected chi connectivity index (χ0v) is 14.2. The van der Waals surface area contributed by atoms with Crippen LogP contribution in [0.25, 0.3) is 22.2 Å². The van der Waals surface area contributed by atoms with E-state index in [0.717, 1.165) is 10.1 Å². The van der Waals surface area contributed by atoms with Gasteiger partial charge in [-0.25, -0.2) is 9.78 Å². The number of aryl methyl sites for hydroxylation is 1. The van der Waals surface area contributed by atoms with Crippen molar-refractivity contribution in [2.75, 3.05) is 12.8 Å². The van der Waals surface area contributed by atoms with Gasteiger partial charge in [-0.2, -0.15) is 0 Å². The Bertz CT molecular complexity index is 1100. The number of aromatic nitrogens is 3. The number of benzene rings is 1. The fourth-order valence-corrected chi connectivity index (χ4v) is 2.95. The van der Waals surface area contributed by atoms with Crippen LogP contribution in [0.4, 0.5) is 5.82 Å². The summed E-state index contributed by atoms with van der Waals surface area (Å²) in [6.45, 7) is 0.104. The summed E-state index contributed by atoms with van der Waals surface area (Å²) in [5.74, 6) is 0.821. The second-order valence-electron chi connectivity index (χ2n) is 5.69. The van der Waals surface area contributed by atoms with Gasteiger partial charge in [-0.3, -0.25) is 13.9 Å². The van der Waals surface area contributed by atoms with E-state index < -0.39 is 11.2 Å². The van der Waals surface area contributed by atoms with Crippen LogP contribution in [0.15, 0.2) is 33.9 Å². The minimum Gasteiger partial charge on any atom is -0.497 e. The summed E-state index contributed by atoms with van der Waals surface area (Å²) in [6, 6.07) is 7.23. The minimum atomic E-state index is -0.471. The summed E-state index contributed by atoms with van der Waals surface area (Å²) in [4.78, 5) is 29.3. The molecular weight excluding hydrogens is 322 g/mol. The quantitative estimate of drug-likeness (QED) is 0.709. The molecule has 130 valence electrons. The molecule has 0 radical (unpaired) electrons. The molecule has 3 rings (SSSR count). The Balaban J connectivity index is 2.60. The smallest absolute Gasteiger partial charge is 0.332 e. The van der Waals surface area contributed by atoms with Crippen molar-refractivity contribution in [2.45, 2.75) is 6.54 Å². The summed E-state index contributed by atoms with van der Waals surface area (Å²) < 4.78 is 7.62. The average Bonchev–Trinajstić information content (AvgIpc) is 2.63. The Labute approximate surface area is 143 Å². The highest BCUT2D eigenvalue weighted by Crippen LogP contribution is 2.33. The van der Waals surface area contributed by atoms with Crippen LogP contribution < -0.4 is 27.5 Å². The molecule has 0 spiro atoms. The van der Waals surface area contributed by atoms with Gasteiger partial charge in [0.25, 0.3) is 5.56 Å². The van der Waals surface area contributed by atoms with Crippen molar-refractivity contribution in [1.82, 2.24) is 14.1 Å². The Morgan fingerprint density at radius 1 is 1.20 bits per heavy atom. The second-order valence-corrected chi connectivity index (χ2v) is 5.69. The van der Waals surface area contributed by atoms with Gasteiger partial charge in [0.2, 0.25) is 0 Å². The zero-order chi connectivity index (χ0) is 18.3. The first-order valence-corrected chi connectivity index (χ1v) is 7.63. The molecule has 0 aliphatic rings. The Kier molecular flexibility index (Phi) is 4.05. The van der Waals surface area contributed by atoms with Crippen LogP contribution >= 0.6 is 0 Å². The van der Waals surface area contributed by atoms with Gasteiger partial charge in [0.1, 0.15) is 11.6 Å². The Hall–Kier alpha value is -3.13. The summed E-state index contributed by atoms with van der Waals surface area (Å²) in [5.41, 5.74) is 13.1. The topological polar surface area (TPSA) is 118 Å². The van der Waals surface area contributed by atoms with Gasteiger partial charge in [0, 0.05) is 31.8 Å². The number of rotatable bonds is 3. The lowest BCUT2D eigenvalue weighted by molar-refractivity contribution is 0.415. The summed E-state index contributed by atoms with van der Waals surface area (Å²) in [7, 11) is 4.54. The molecule has 0 aliphatic heterocycles. The molecule has 0 saturated heterocycles. The van der Waals surface area contributed by atoms with Gasteiger partial charge < -0.3 is 16.2 Å². The van der Waals surface area contributed by atoms with E-state index in [1.807, 2.05) is 12.1 Å². The maximum atomic E-state index is 12.8. The normalized spacial score (nSPS) is 11.0. The number of ether oxygens (including phenoxy) is 1. The van der Waals surface area contributed by atoms with Crippen LogP contribution in [0, 0.1) is 0 Å². The molecule has 2 aromatic heterocycles. The van der Waals surface area contributed by atoms with E-state index in [4.69, 9.17) is 16.2 Å². The van der Waals surface area contributed by atoms with Gasteiger partial charge >= 0.3 is 5.69 Å². The monoisotopic (exact) mass is 341 g/mol. The molecule has 25 heavy (non-hydrogen) atoms. The predicted molar refractivity (Wildman–Crippen MR) is 96.5 cm³/mol. The fourth-order valence-electron chi connectivity index (χ4n) is 2.95. The molecule has 0 bridgehead atoms. The number of pyridine rings is 1. The Morgan fingerprint density at radius 3 is 2.56 bits per heavy atom. The van der Waals surface area contributed by atoms with E-state index in [2.05, 4.69) is 4.98 Å². The molecule has 0 atom stereocenters. The van der Waals surface area contributed by atoms with Crippen molar-refractivity contribution < 1.29 is 4.74 Å². The molecule has 0 unspecified atom stereocenters. The van der Waals surface area contributed by atoms with Crippen LogP contribution in [0.5, 0.6) is 5.75 Å². The lowest BCUT2D eigenvalue weighted by Crippen LogP contribution is -2.38. The highest BCUT2D eigenvalue weighted by atomic mass is 16.5. The molecule has 0 aliphatic carbocycles. The van der Waals surface area contributed by atoms with Crippen LogP contribution in [0.1, 0.15) is 5.56 Å². The molecule has 4 N–H and O–H groups in total. The molecule has 1 aromatic carbocycles. The first-order chi connectivity index (χ1) is 11.9. The third-order valence-electron chi connectivity index (χ3n) is 4.28. The number of fused-ring (bicyclic) bond motifs is 1. The SMILES string of the molecule is COc1cccc(-c2c(CN)c(N)nc3c2c(=O)n(C)c(=O)n3C)c1. The van der Waals surface area contributed by atoms with Crippen molar-refractivity contribution in [1.29, 1.82) is 0 Å². The maximum absolute atomic E-state index is 12.8. The molecular formula is C17H19N5O3. The number of nitrogens with two attached hydrogens (primary N) is 2. The first kappa shape index (κ1) is 16.7. The number of nitrogens with zero attached hydrogens (tertiary/aromatic N) is 3. The van der Waals surface area contributed by atoms with Gasteiger partial charge in [-0.15, -0.1) is 0 Å². The largest absolute Gasteiger partial charge is 0.497 e. The zero-order valence-electron chi connectivity index (χ0n) is 14.2.